The lowest BCUT2D eigenvalue weighted by molar-refractivity contribution is -0.116. The van der Waals surface area contributed by atoms with Gasteiger partial charge in [-0.05, 0) is 30.9 Å². The van der Waals surface area contributed by atoms with E-state index < -0.39 is 5.91 Å². The Bertz CT molecular complexity index is 1030. The standard InChI is InChI=1S/C21H24N4O3S/c1-11(2)14-5-7-15(8-6-14)20-24-17(28-25-20)10-9-16(26)23-21-18(19(22)27)12(3)13(4)29-21/h5-8,11H,9-10H2,1-4H3,(H2,22,27)(H,23,26). The van der Waals surface area contributed by atoms with Crippen molar-refractivity contribution in [3.8, 4) is 11.4 Å². The van der Waals surface area contributed by atoms with E-state index in [1.165, 1.54) is 16.9 Å². The molecule has 2 amide bonds. The van der Waals surface area contributed by atoms with Gasteiger partial charge in [0.05, 0.1) is 5.56 Å². The molecule has 0 unspecified atom stereocenters. The Balaban J connectivity index is 1.62. The number of hydrogen-bond acceptors (Lipinski definition) is 6. The van der Waals surface area contributed by atoms with Crippen LogP contribution < -0.4 is 11.1 Å². The van der Waals surface area contributed by atoms with Crippen LogP contribution in [0.1, 0.15) is 58.4 Å². The second kappa shape index (κ2) is 8.57. The van der Waals surface area contributed by atoms with Crippen LogP contribution in [-0.2, 0) is 11.2 Å². The Kier molecular flexibility index (Phi) is 6.12. The normalized spacial score (nSPS) is 11.1. The van der Waals surface area contributed by atoms with Crippen molar-refractivity contribution in [1.82, 2.24) is 10.1 Å². The molecule has 0 atom stereocenters. The van der Waals surface area contributed by atoms with Crippen molar-refractivity contribution in [2.75, 3.05) is 5.32 Å². The number of nitrogens with zero attached hydrogens (tertiary/aromatic N) is 2. The topological polar surface area (TPSA) is 111 Å². The fraction of sp³-hybridized carbons (Fsp3) is 0.333. The molecule has 152 valence electrons. The molecule has 3 aromatic rings. The Morgan fingerprint density at radius 1 is 1.21 bits per heavy atom. The van der Waals surface area contributed by atoms with Crippen molar-refractivity contribution < 1.29 is 14.1 Å². The second-order valence-corrected chi connectivity index (χ2v) is 8.41. The van der Waals surface area contributed by atoms with Crippen LogP contribution in [0.4, 0.5) is 5.00 Å². The summed E-state index contributed by atoms with van der Waals surface area (Å²) in [7, 11) is 0. The van der Waals surface area contributed by atoms with Crippen molar-refractivity contribution in [3.05, 3.63) is 51.7 Å². The zero-order valence-electron chi connectivity index (χ0n) is 16.9. The fourth-order valence-electron chi connectivity index (χ4n) is 2.91. The third-order valence-electron chi connectivity index (χ3n) is 4.75. The summed E-state index contributed by atoms with van der Waals surface area (Å²) in [4.78, 5) is 29.3. The first-order valence-electron chi connectivity index (χ1n) is 9.38. The van der Waals surface area contributed by atoms with Gasteiger partial charge >= 0.3 is 0 Å². The monoisotopic (exact) mass is 412 g/mol. The van der Waals surface area contributed by atoms with E-state index in [9.17, 15) is 9.59 Å². The maximum Gasteiger partial charge on any atom is 0.251 e. The predicted molar refractivity (Wildman–Crippen MR) is 113 cm³/mol. The van der Waals surface area contributed by atoms with Gasteiger partial charge in [-0.1, -0.05) is 43.3 Å². The van der Waals surface area contributed by atoms with E-state index in [2.05, 4.69) is 29.3 Å². The lowest BCUT2D eigenvalue weighted by Gasteiger charge is -2.04. The third kappa shape index (κ3) is 4.71. The lowest BCUT2D eigenvalue weighted by Crippen LogP contribution is -2.17. The number of rotatable bonds is 7. The number of amides is 2. The van der Waals surface area contributed by atoms with Crippen molar-refractivity contribution in [1.29, 1.82) is 0 Å². The van der Waals surface area contributed by atoms with Gasteiger partial charge in [0.25, 0.3) is 5.91 Å². The summed E-state index contributed by atoms with van der Waals surface area (Å²) in [6.07, 6.45) is 0.459. The van der Waals surface area contributed by atoms with Gasteiger partial charge in [0, 0.05) is 23.3 Å². The number of aromatic nitrogens is 2. The first kappa shape index (κ1) is 20.7. The van der Waals surface area contributed by atoms with E-state index in [0.29, 0.717) is 34.6 Å². The van der Waals surface area contributed by atoms with Gasteiger partial charge in [0.1, 0.15) is 5.00 Å². The number of aryl methyl sites for hydroxylation is 2. The number of benzene rings is 1. The van der Waals surface area contributed by atoms with Gasteiger partial charge in [0.2, 0.25) is 17.6 Å². The van der Waals surface area contributed by atoms with E-state index in [4.69, 9.17) is 10.3 Å². The molecule has 0 fully saturated rings. The molecule has 0 aliphatic heterocycles. The smallest absolute Gasteiger partial charge is 0.251 e. The van der Waals surface area contributed by atoms with E-state index in [1.807, 2.05) is 38.1 Å². The number of anilines is 1. The van der Waals surface area contributed by atoms with Gasteiger partial charge in [0.15, 0.2) is 0 Å². The number of nitrogens with one attached hydrogen (secondary N) is 1. The van der Waals surface area contributed by atoms with E-state index >= 15 is 0 Å². The molecule has 0 aliphatic rings. The van der Waals surface area contributed by atoms with E-state index in [0.717, 1.165) is 16.0 Å². The molecule has 0 saturated carbocycles. The summed E-state index contributed by atoms with van der Waals surface area (Å²) in [6, 6.07) is 8.02. The van der Waals surface area contributed by atoms with Crippen molar-refractivity contribution in [2.45, 2.75) is 46.5 Å². The molecule has 0 radical (unpaired) electrons. The minimum atomic E-state index is -0.549. The van der Waals surface area contributed by atoms with E-state index in [1.54, 1.807) is 0 Å². The average molecular weight is 413 g/mol. The molecule has 3 rings (SSSR count). The predicted octanol–water partition coefficient (Wildman–Crippen LogP) is 4.21. The molecule has 8 heteroatoms. The molecule has 0 bridgehead atoms. The highest BCUT2D eigenvalue weighted by molar-refractivity contribution is 7.16. The number of carbonyl (C=O) groups is 2. The highest BCUT2D eigenvalue weighted by Gasteiger charge is 2.19. The second-order valence-electron chi connectivity index (χ2n) is 7.19. The van der Waals surface area contributed by atoms with Crippen LogP contribution in [0.2, 0.25) is 0 Å². The Morgan fingerprint density at radius 3 is 2.52 bits per heavy atom. The van der Waals surface area contributed by atoms with Crippen molar-refractivity contribution >= 4 is 28.2 Å². The summed E-state index contributed by atoms with van der Waals surface area (Å²) in [5.74, 6) is 0.546. The molecule has 3 N–H and O–H groups in total. The maximum atomic E-state index is 12.3. The van der Waals surface area contributed by atoms with E-state index in [-0.39, 0.29) is 12.3 Å². The maximum absolute atomic E-state index is 12.3. The number of thiophene rings is 1. The SMILES string of the molecule is Cc1sc(NC(=O)CCc2nc(-c3ccc(C(C)C)cc3)no2)c(C(N)=O)c1C. The zero-order chi connectivity index (χ0) is 21.1. The largest absolute Gasteiger partial charge is 0.365 e. The van der Waals surface area contributed by atoms with Gasteiger partial charge in [-0.15, -0.1) is 11.3 Å². The fourth-order valence-corrected chi connectivity index (χ4v) is 3.99. The van der Waals surface area contributed by atoms with Crippen LogP contribution in [0.3, 0.4) is 0 Å². The summed E-state index contributed by atoms with van der Waals surface area (Å²) >= 11 is 1.34. The number of primary amides is 1. The van der Waals surface area contributed by atoms with Crippen molar-refractivity contribution in [3.63, 3.8) is 0 Å². The molecule has 0 spiro atoms. The molecule has 0 aliphatic carbocycles. The van der Waals surface area contributed by atoms with Gasteiger partial charge in [-0.3, -0.25) is 9.59 Å². The average Bonchev–Trinajstić information content (AvgIpc) is 3.25. The number of carbonyl (C=O) groups excluding carboxylic acids is 2. The van der Waals surface area contributed by atoms with Crippen LogP contribution in [0, 0.1) is 13.8 Å². The molecule has 1 aromatic carbocycles. The highest BCUT2D eigenvalue weighted by Crippen LogP contribution is 2.32. The summed E-state index contributed by atoms with van der Waals surface area (Å²) in [6.45, 7) is 7.97. The minimum Gasteiger partial charge on any atom is -0.365 e. The Hall–Kier alpha value is -3.00. The van der Waals surface area contributed by atoms with Gasteiger partial charge in [-0.2, -0.15) is 4.98 Å². The lowest BCUT2D eigenvalue weighted by atomic mass is 10.0. The molecule has 2 heterocycles. The summed E-state index contributed by atoms with van der Waals surface area (Å²) in [5.41, 5.74) is 8.70. The van der Waals surface area contributed by atoms with Gasteiger partial charge in [-0.25, -0.2) is 0 Å². The van der Waals surface area contributed by atoms with Crippen LogP contribution >= 0.6 is 11.3 Å². The molecule has 0 saturated heterocycles. The molecular formula is C21H24N4O3S. The molecule has 7 nitrogen and oxygen atoms in total. The van der Waals surface area contributed by atoms with Crippen molar-refractivity contribution in [2.24, 2.45) is 5.73 Å². The molecule has 29 heavy (non-hydrogen) atoms. The molecule has 2 aromatic heterocycles. The number of hydrogen-bond donors (Lipinski definition) is 2. The van der Waals surface area contributed by atoms with Crippen LogP contribution in [0.15, 0.2) is 28.8 Å². The molecular weight excluding hydrogens is 388 g/mol. The first-order chi connectivity index (χ1) is 13.8. The van der Waals surface area contributed by atoms with Crippen LogP contribution in [0.5, 0.6) is 0 Å². The zero-order valence-corrected chi connectivity index (χ0v) is 17.7. The summed E-state index contributed by atoms with van der Waals surface area (Å²) < 4.78 is 5.27. The highest BCUT2D eigenvalue weighted by atomic mass is 32.1. The Morgan fingerprint density at radius 2 is 1.90 bits per heavy atom. The summed E-state index contributed by atoms with van der Waals surface area (Å²) in [5, 5.41) is 7.25. The first-order valence-corrected chi connectivity index (χ1v) is 10.2. The van der Waals surface area contributed by atoms with Gasteiger partial charge < -0.3 is 15.6 Å². The van der Waals surface area contributed by atoms with Crippen LogP contribution in [0.25, 0.3) is 11.4 Å². The third-order valence-corrected chi connectivity index (χ3v) is 5.88. The minimum absolute atomic E-state index is 0.155. The number of nitrogens with two attached hydrogens (primary N) is 1. The quantitative estimate of drug-likeness (QED) is 0.604. The Labute approximate surface area is 173 Å². The van der Waals surface area contributed by atoms with Crippen LogP contribution in [-0.4, -0.2) is 22.0 Å².